The summed E-state index contributed by atoms with van der Waals surface area (Å²) in [6.07, 6.45) is 2.54. The maximum Gasteiger partial charge on any atom is 0.307 e. The fourth-order valence-electron chi connectivity index (χ4n) is 4.31. The molecule has 4 nitrogen and oxygen atoms in total. The van der Waals surface area contributed by atoms with E-state index in [-0.39, 0.29) is 17.2 Å². The normalized spacial score (nSPS) is 35.7. The number of amides is 1. The summed E-state index contributed by atoms with van der Waals surface area (Å²) in [4.78, 5) is 25.7. The summed E-state index contributed by atoms with van der Waals surface area (Å²) in [7, 11) is 0. The van der Waals surface area contributed by atoms with Gasteiger partial charge in [-0.2, -0.15) is 0 Å². The molecule has 1 saturated heterocycles. The van der Waals surface area contributed by atoms with Gasteiger partial charge >= 0.3 is 5.97 Å². The molecule has 1 aromatic carbocycles. The molecule has 4 heteroatoms. The molecular formula is C18H21NO3. The van der Waals surface area contributed by atoms with Crippen LogP contribution in [0.2, 0.25) is 0 Å². The maximum absolute atomic E-state index is 12.6. The van der Waals surface area contributed by atoms with Gasteiger partial charge in [0.05, 0.1) is 11.8 Å². The monoisotopic (exact) mass is 299 g/mol. The number of carboxylic acid groups (broad SMARTS) is 1. The van der Waals surface area contributed by atoms with Crippen LogP contribution < -0.4 is 0 Å². The Hall–Kier alpha value is -1.84. The van der Waals surface area contributed by atoms with E-state index in [1.807, 2.05) is 4.90 Å². The molecule has 2 unspecified atom stereocenters. The fraction of sp³-hybridized carbons (Fsp3) is 0.556. The molecule has 1 heterocycles. The summed E-state index contributed by atoms with van der Waals surface area (Å²) in [5, 5.41) is 9.14. The highest BCUT2D eigenvalue weighted by Gasteiger charge is 2.62. The molecule has 1 amide bonds. The van der Waals surface area contributed by atoms with Gasteiger partial charge in [0.1, 0.15) is 0 Å². The SMILES string of the molecule is Cc1ccc(C23CC2CN(C(=O)[C@@H]2CC[C@@H]2C(=O)O)C3)cc1. The van der Waals surface area contributed by atoms with Crippen molar-refractivity contribution in [3.63, 3.8) is 0 Å². The third-order valence-electron chi connectivity index (χ3n) is 5.99. The number of carbonyl (C=O) groups is 2. The van der Waals surface area contributed by atoms with Gasteiger partial charge in [0, 0.05) is 18.5 Å². The van der Waals surface area contributed by atoms with Crippen LogP contribution in [0.4, 0.5) is 0 Å². The Labute approximate surface area is 130 Å². The molecule has 0 radical (unpaired) electrons. The van der Waals surface area contributed by atoms with E-state index in [1.54, 1.807) is 0 Å². The molecule has 1 aliphatic heterocycles. The highest BCUT2D eigenvalue weighted by atomic mass is 16.4. The third-order valence-corrected chi connectivity index (χ3v) is 5.99. The largest absolute Gasteiger partial charge is 0.481 e. The number of hydrogen-bond acceptors (Lipinski definition) is 2. The van der Waals surface area contributed by atoms with Gasteiger partial charge < -0.3 is 10.0 Å². The molecule has 4 rings (SSSR count). The van der Waals surface area contributed by atoms with Crippen LogP contribution in [0.25, 0.3) is 0 Å². The van der Waals surface area contributed by atoms with Crippen LogP contribution in [0.5, 0.6) is 0 Å². The van der Waals surface area contributed by atoms with Crippen molar-refractivity contribution in [2.24, 2.45) is 17.8 Å². The van der Waals surface area contributed by atoms with E-state index in [0.29, 0.717) is 12.3 Å². The Morgan fingerprint density at radius 2 is 1.86 bits per heavy atom. The van der Waals surface area contributed by atoms with E-state index in [4.69, 9.17) is 5.11 Å². The number of hydrogen-bond donors (Lipinski definition) is 1. The van der Waals surface area contributed by atoms with Gasteiger partial charge in [-0.15, -0.1) is 0 Å². The number of nitrogens with zero attached hydrogens (tertiary/aromatic N) is 1. The Bertz CT molecular complexity index is 638. The molecular weight excluding hydrogens is 278 g/mol. The number of piperidine rings is 1. The average Bonchev–Trinajstić information content (AvgIpc) is 3.00. The van der Waals surface area contributed by atoms with E-state index in [2.05, 4.69) is 31.2 Å². The van der Waals surface area contributed by atoms with Gasteiger partial charge in [0.15, 0.2) is 0 Å². The van der Waals surface area contributed by atoms with Crippen molar-refractivity contribution >= 4 is 11.9 Å². The van der Waals surface area contributed by atoms with Crippen molar-refractivity contribution in [2.75, 3.05) is 13.1 Å². The summed E-state index contributed by atoms with van der Waals surface area (Å²) in [6.45, 7) is 3.65. The second-order valence-electron chi connectivity index (χ2n) is 7.27. The van der Waals surface area contributed by atoms with Crippen LogP contribution in [0, 0.1) is 24.7 Å². The van der Waals surface area contributed by atoms with Crippen LogP contribution in [0.1, 0.15) is 30.4 Å². The lowest BCUT2D eigenvalue weighted by Gasteiger charge is -2.35. The fourth-order valence-corrected chi connectivity index (χ4v) is 4.31. The minimum atomic E-state index is -0.817. The van der Waals surface area contributed by atoms with Gasteiger partial charge in [-0.3, -0.25) is 9.59 Å². The zero-order valence-corrected chi connectivity index (χ0v) is 12.8. The van der Waals surface area contributed by atoms with Crippen molar-refractivity contribution in [1.82, 2.24) is 4.90 Å². The average molecular weight is 299 g/mol. The molecule has 2 saturated carbocycles. The first-order valence-electron chi connectivity index (χ1n) is 8.10. The Morgan fingerprint density at radius 3 is 2.45 bits per heavy atom. The molecule has 116 valence electrons. The highest BCUT2D eigenvalue weighted by Crippen LogP contribution is 2.59. The van der Waals surface area contributed by atoms with Crippen molar-refractivity contribution < 1.29 is 14.7 Å². The van der Waals surface area contributed by atoms with Crippen LogP contribution in [-0.2, 0) is 15.0 Å². The summed E-state index contributed by atoms with van der Waals surface area (Å²) < 4.78 is 0. The number of aliphatic carboxylic acids is 1. The lowest BCUT2D eigenvalue weighted by Crippen LogP contribution is -2.46. The number of carboxylic acids is 1. The zero-order chi connectivity index (χ0) is 15.5. The van der Waals surface area contributed by atoms with E-state index in [9.17, 15) is 9.59 Å². The van der Waals surface area contributed by atoms with Crippen LogP contribution in [-0.4, -0.2) is 35.0 Å². The molecule has 0 aromatic heterocycles. The molecule has 22 heavy (non-hydrogen) atoms. The second kappa shape index (κ2) is 4.58. The molecule has 3 fully saturated rings. The Morgan fingerprint density at radius 1 is 1.18 bits per heavy atom. The molecule has 3 aliphatic rings. The minimum Gasteiger partial charge on any atom is -0.481 e. The second-order valence-corrected chi connectivity index (χ2v) is 7.27. The van der Waals surface area contributed by atoms with Crippen molar-refractivity contribution in [1.29, 1.82) is 0 Å². The molecule has 1 aromatic rings. The van der Waals surface area contributed by atoms with E-state index in [1.165, 1.54) is 11.1 Å². The zero-order valence-electron chi connectivity index (χ0n) is 12.8. The Balaban J connectivity index is 1.48. The first-order chi connectivity index (χ1) is 10.5. The van der Waals surface area contributed by atoms with Crippen LogP contribution in [0.15, 0.2) is 24.3 Å². The standard InChI is InChI=1S/C18H21NO3/c1-11-2-4-12(5-3-11)18-8-13(18)9-19(10-18)16(20)14-6-7-15(14)17(21)22/h2-5,13-15H,6-10H2,1H3,(H,21,22)/t13?,14-,15+,18?/m1/s1. The van der Waals surface area contributed by atoms with Crippen LogP contribution >= 0.6 is 0 Å². The van der Waals surface area contributed by atoms with Gasteiger partial charge in [-0.25, -0.2) is 0 Å². The molecule has 4 atom stereocenters. The number of aryl methyl sites for hydroxylation is 1. The van der Waals surface area contributed by atoms with Crippen molar-refractivity contribution in [3.05, 3.63) is 35.4 Å². The van der Waals surface area contributed by atoms with E-state index < -0.39 is 11.9 Å². The van der Waals surface area contributed by atoms with E-state index in [0.717, 1.165) is 25.9 Å². The summed E-state index contributed by atoms with van der Waals surface area (Å²) >= 11 is 0. The van der Waals surface area contributed by atoms with Gasteiger partial charge in [0.25, 0.3) is 0 Å². The van der Waals surface area contributed by atoms with Gasteiger partial charge in [-0.1, -0.05) is 29.8 Å². The topological polar surface area (TPSA) is 57.6 Å². The predicted octanol–water partition coefficient (Wildman–Crippen LogP) is 2.21. The van der Waals surface area contributed by atoms with Crippen molar-refractivity contribution in [2.45, 2.75) is 31.6 Å². The number of rotatable bonds is 3. The summed E-state index contributed by atoms with van der Waals surface area (Å²) in [5.74, 6) is -0.938. The minimum absolute atomic E-state index is 0.0670. The molecule has 0 bridgehead atoms. The first-order valence-corrected chi connectivity index (χ1v) is 8.10. The quantitative estimate of drug-likeness (QED) is 0.931. The van der Waals surface area contributed by atoms with E-state index >= 15 is 0 Å². The smallest absolute Gasteiger partial charge is 0.307 e. The maximum atomic E-state index is 12.6. The van der Waals surface area contributed by atoms with Crippen molar-refractivity contribution in [3.8, 4) is 0 Å². The van der Waals surface area contributed by atoms with Gasteiger partial charge in [0.2, 0.25) is 5.91 Å². The molecule has 2 aliphatic carbocycles. The van der Waals surface area contributed by atoms with Gasteiger partial charge in [-0.05, 0) is 37.7 Å². The number of likely N-dealkylation sites (tertiary alicyclic amines) is 1. The summed E-state index contributed by atoms with van der Waals surface area (Å²) in [6, 6.07) is 8.64. The third kappa shape index (κ3) is 1.89. The number of fused-ring (bicyclic) bond motifs is 1. The Kier molecular flexibility index (Phi) is 2.87. The first kappa shape index (κ1) is 13.8. The number of carbonyl (C=O) groups excluding carboxylic acids is 1. The summed E-state index contributed by atoms with van der Waals surface area (Å²) in [5.41, 5.74) is 2.73. The lowest BCUT2D eigenvalue weighted by molar-refractivity contribution is -0.156. The van der Waals surface area contributed by atoms with Crippen LogP contribution in [0.3, 0.4) is 0 Å². The predicted molar refractivity (Wildman–Crippen MR) is 81.4 cm³/mol. The highest BCUT2D eigenvalue weighted by molar-refractivity contribution is 5.87. The lowest BCUT2D eigenvalue weighted by atomic mass is 9.73. The molecule has 1 N–H and O–H groups in total. The molecule has 0 spiro atoms. The number of benzene rings is 1.